The average Bonchev–Trinajstić information content (AvgIpc) is 2.73. The standard InChI is InChI=1S/C12H15ClN4O/c1-3-4-10-12(14)15-16-17(10)11-7-8(18-2)5-6-9(11)13/h5-7H,3-4,14H2,1-2H3. The van der Waals surface area contributed by atoms with Crippen molar-refractivity contribution in [3.05, 3.63) is 28.9 Å². The Labute approximate surface area is 111 Å². The number of hydrogen-bond donors (Lipinski definition) is 1. The van der Waals surface area contributed by atoms with Crippen molar-refractivity contribution in [1.29, 1.82) is 0 Å². The highest BCUT2D eigenvalue weighted by molar-refractivity contribution is 6.32. The molecule has 18 heavy (non-hydrogen) atoms. The number of hydrogen-bond acceptors (Lipinski definition) is 4. The summed E-state index contributed by atoms with van der Waals surface area (Å²) in [5.41, 5.74) is 7.41. The molecule has 0 unspecified atom stereocenters. The Hall–Kier alpha value is -1.75. The summed E-state index contributed by atoms with van der Waals surface area (Å²) in [6.45, 7) is 2.07. The van der Waals surface area contributed by atoms with E-state index in [0.29, 0.717) is 16.6 Å². The summed E-state index contributed by atoms with van der Waals surface area (Å²) < 4.78 is 6.86. The van der Waals surface area contributed by atoms with E-state index in [2.05, 4.69) is 17.2 Å². The summed E-state index contributed by atoms with van der Waals surface area (Å²) >= 11 is 6.18. The summed E-state index contributed by atoms with van der Waals surface area (Å²) in [6, 6.07) is 5.38. The smallest absolute Gasteiger partial charge is 0.169 e. The number of ether oxygens (including phenoxy) is 1. The highest BCUT2D eigenvalue weighted by Gasteiger charge is 2.14. The van der Waals surface area contributed by atoms with Crippen molar-refractivity contribution in [2.75, 3.05) is 12.8 Å². The zero-order valence-electron chi connectivity index (χ0n) is 10.4. The van der Waals surface area contributed by atoms with E-state index in [1.165, 1.54) is 0 Å². The fraction of sp³-hybridized carbons (Fsp3) is 0.333. The zero-order chi connectivity index (χ0) is 13.1. The SMILES string of the molecule is CCCc1c(N)nnn1-c1cc(OC)ccc1Cl. The van der Waals surface area contributed by atoms with Gasteiger partial charge in [0.1, 0.15) is 5.75 Å². The molecular weight excluding hydrogens is 252 g/mol. The third-order valence-corrected chi connectivity index (χ3v) is 2.98. The van der Waals surface area contributed by atoms with Gasteiger partial charge in [-0.1, -0.05) is 30.2 Å². The van der Waals surface area contributed by atoms with Crippen LogP contribution in [-0.4, -0.2) is 22.1 Å². The molecule has 1 aromatic carbocycles. The molecule has 0 spiro atoms. The molecule has 96 valence electrons. The molecule has 0 aliphatic carbocycles. The van der Waals surface area contributed by atoms with E-state index in [-0.39, 0.29) is 0 Å². The van der Waals surface area contributed by atoms with Gasteiger partial charge in [0.25, 0.3) is 0 Å². The van der Waals surface area contributed by atoms with Crippen molar-refractivity contribution < 1.29 is 4.74 Å². The molecule has 5 nitrogen and oxygen atoms in total. The normalized spacial score (nSPS) is 10.6. The maximum atomic E-state index is 6.18. The fourth-order valence-electron chi connectivity index (χ4n) is 1.76. The van der Waals surface area contributed by atoms with Gasteiger partial charge in [0.2, 0.25) is 0 Å². The average molecular weight is 267 g/mol. The lowest BCUT2D eigenvalue weighted by Gasteiger charge is -2.09. The quantitative estimate of drug-likeness (QED) is 0.923. The Kier molecular flexibility index (Phi) is 3.72. The van der Waals surface area contributed by atoms with Crippen molar-refractivity contribution in [1.82, 2.24) is 15.0 Å². The molecule has 0 bridgehead atoms. The molecule has 0 aliphatic heterocycles. The minimum Gasteiger partial charge on any atom is -0.497 e. The number of nitrogen functional groups attached to an aromatic ring is 1. The number of anilines is 1. The minimum absolute atomic E-state index is 0.440. The predicted octanol–water partition coefficient (Wildman–Crippen LogP) is 2.46. The molecule has 1 aromatic heterocycles. The Balaban J connectivity index is 2.54. The van der Waals surface area contributed by atoms with Gasteiger partial charge in [0.05, 0.1) is 23.5 Å². The van der Waals surface area contributed by atoms with E-state index in [0.717, 1.165) is 24.2 Å². The van der Waals surface area contributed by atoms with Gasteiger partial charge in [-0.3, -0.25) is 0 Å². The van der Waals surface area contributed by atoms with Gasteiger partial charge in [-0.15, -0.1) is 5.10 Å². The van der Waals surface area contributed by atoms with Crippen LogP contribution in [-0.2, 0) is 6.42 Å². The molecular formula is C12H15ClN4O. The molecule has 0 aliphatic rings. The first-order chi connectivity index (χ1) is 8.67. The summed E-state index contributed by atoms with van der Waals surface area (Å²) in [5.74, 6) is 1.15. The molecule has 0 fully saturated rings. The van der Waals surface area contributed by atoms with Crippen molar-refractivity contribution in [2.24, 2.45) is 0 Å². The first kappa shape index (κ1) is 12.7. The van der Waals surface area contributed by atoms with Crippen molar-refractivity contribution >= 4 is 17.4 Å². The van der Waals surface area contributed by atoms with Crippen molar-refractivity contribution in [3.8, 4) is 11.4 Å². The Morgan fingerprint density at radius 1 is 1.44 bits per heavy atom. The highest BCUT2D eigenvalue weighted by atomic mass is 35.5. The topological polar surface area (TPSA) is 66.0 Å². The van der Waals surface area contributed by atoms with Crippen LogP contribution in [0, 0.1) is 0 Å². The highest BCUT2D eigenvalue weighted by Crippen LogP contribution is 2.27. The molecule has 1 heterocycles. The zero-order valence-corrected chi connectivity index (χ0v) is 11.1. The monoisotopic (exact) mass is 266 g/mol. The van der Waals surface area contributed by atoms with Crippen LogP contribution >= 0.6 is 11.6 Å². The molecule has 0 saturated carbocycles. The third kappa shape index (κ3) is 2.26. The second-order valence-corrected chi connectivity index (χ2v) is 4.31. The number of methoxy groups -OCH3 is 1. The van der Waals surface area contributed by atoms with Gasteiger partial charge in [-0.05, 0) is 18.6 Å². The van der Waals surface area contributed by atoms with Gasteiger partial charge in [-0.2, -0.15) is 0 Å². The first-order valence-corrected chi connectivity index (χ1v) is 6.09. The van der Waals surface area contributed by atoms with E-state index in [1.54, 1.807) is 23.9 Å². The van der Waals surface area contributed by atoms with Gasteiger partial charge in [-0.25, -0.2) is 4.68 Å². The van der Waals surface area contributed by atoms with Crippen LogP contribution in [0.15, 0.2) is 18.2 Å². The van der Waals surface area contributed by atoms with Gasteiger partial charge < -0.3 is 10.5 Å². The minimum atomic E-state index is 0.440. The van der Waals surface area contributed by atoms with Gasteiger partial charge in [0.15, 0.2) is 5.82 Å². The lowest BCUT2D eigenvalue weighted by molar-refractivity contribution is 0.414. The molecule has 2 N–H and O–H groups in total. The maximum Gasteiger partial charge on any atom is 0.169 e. The molecule has 0 radical (unpaired) electrons. The number of aromatic nitrogens is 3. The fourth-order valence-corrected chi connectivity index (χ4v) is 1.96. The molecule has 0 amide bonds. The number of halogens is 1. The third-order valence-electron chi connectivity index (χ3n) is 2.66. The van der Waals surface area contributed by atoms with E-state index in [1.807, 2.05) is 6.07 Å². The van der Waals surface area contributed by atoms with Crippen molar-refractivity contribution in [3.63, 3.8) is 0 Å². The first-order valence-electron chi connectivity index (χ1n) is 5.71. The molecule has 2 aromatic rings. The lowest BCUT2D eigenvalue weighted by Crippen LogP contribution is -2.04. The van der Waals surface area contributed by atoms with Crippen LogP contribution in [0.25, 0.3) is 5.69 Å². The largest absolute Gasteiger partial charge is 0.497 e. The van der Waals surface area contributed by atoms with Crippen LogP contribution in [0.3, 0.4) is 0 Å². The van der Waals surface area contributed by atoms with Crippen LogP contribution in [0.1, 0.15) is 19.0 Å². The molecule has 0 atom stereocenters. The Morgan fingerprint density at radius 3 is 2.89 bits per heavy atom. The number of rotatable bonds is 4. The van der Waals surface area contributed by atoms with Crippen LogP contribution in [0.4, 0.5) is 5.82 Å². The lowest BCUT2D eigenvalue weighted by atomic mass is 10.2. The maximum absolute atomic E-state index is 6.18. The van der Waals surface area contributed by atoms with E-state index >= 15 is 0 Å². The molecule has 2 rings (SSSR count). The summed E-state index contributed by atoms with van der Waals surface area (Å²) in [6.07, 6.45) is 1.76. The number of nitrogens with two attached hydrogens (primary N) is 1. The summed E-state index contributed by atoms with van der Waals surface area (Å²) in [7, 11) is 1.61. The summed E-state index contributed by atoms with van der Waals surface area (Å²) in [4.78, 5) is 0. The van der Waals surface area contributed by atoms with E-state index < -0.39 is 0 Å². The molecule has 6 heteroatoms. The Bertz CT molecular complexity index is 553. The van der Waals surface area contributed by atoms with Crippen LogP contribution < -0.4 is 10.5 Å². The number of nitrogens with zero attached hydrogens (tertiary/aromatic N) is 3. The van der Waals surface area contributed by atoms with Gasteiger partial charge >= 0.3 is 0 Å². The van der Waals surface area contributed by atoms with E-state index in [4.69, 9.17) is 22.1 Å². The second-order valence-electron chi connectivity index (χ2n) is 3.90. The van der Waals surface area contributed by atoms with Crippen molar-refractivity contribution in [2.45, 2.75) is 19.8 Å². The molecule has 0 saturated heterocycles. The van der Waals surface area contributed by atoms with Gasteiger partial charge in [0, 0.05) is 6.07 Å². The van der Waals surface area contributed by atoms with Crippen LogP contribution in [0.5, 0.6) is 5.75 Å². The van der Waals surface area contributed by atoms with E-state index in [9.17, 15) is 0 Å². The number of benzene rings is 1. The van der Waals surface area contributed by atoms with Crippen LogP contribution in [0.2, 0.25) is 5.02 Å². The predicted molar refractivity (Wildman–Crippen MR) is 71.3 cm³/mol. The second kappa shape index (κ2) is 5.27. The Morgan fingerprint density at radius 2 is 2.22 bits per heavy atom. The summed E-state index contributed by atoms with van der Waals surface area (Å²) in [5, 5.41) is 8.52.